The molecule has 1 aromatic heterocycles. The van der Waals surface area contributed by atoms with Gasteiger partial charge >= 0.3 is 0 Å². The number of H-pyrrole nitrogens is 1. The molecule has 0 bridgehead atoms. The van der Waals surface area contributed by atoms with E-state index in [1.807, 2.05) is 42.5 Å². The third-order valence-electron chi connectivity index (χ3n) is 4.85. The van der Waals surface area contributed by atoms with Crippen molar-refractivity contribution in [2.24, 2.45) is 10.2 Å². The molecular weight excluding hydrogens is 352 g/mol. The Kier molecular flexibility index (Phi) is 5.10. The van der Waals surface area contributed by atoms with Crippen molar-refractivity contribution in [3.63, 3.8) is 0 Å². The smallest absolute Gasteiger partial charge is 0.264 e. The minimum Gasteiger partial charge on any atom is -0.497 e. The molecule has 4 rings (SSSR count). The largest absolute Gasteiger partial charge is 0.497 e. The van der Waals surface area contributed by atoms with E-state index in [1.165, 1.54) is 5.56 Å². The highest BCUT2D eigenvalue weighted by Gasteiger charge is 2.26. The van der Waals surface area contributed by atoms with Crippen LogP contribution in [0.1, 0.15) is 34.7 Å². The molecule has 1 atom stereocenters. The van der Waals surface area contributed by atoms with Crippen LogP contribution in [0, 0.1) is 0 Å². The summed E-state index contributed by atoms with van der Waals surface area (Å²) < 4.78 is 5.16. The second-order valence-corrected chi connectivity index (χ2v) is 6.67. The average molecular weight is 372 g/mol. The third kappa shape index (κ3) is 3.91. The van der Waals surface area contributed by atoms with Gasteiger partial charge < -0.3 is 4.74 Å². The average Bonchev–Trinajstić information content (AvgIpc) is 2.75. The number of rotatable bonds is 4. The zero-order chi connectivity index (χ0) is 19.3. The molecule has 0 unspecified atom stereocenters. The number of hydrogen-bond donors (Lipinski definition) is 1. The van der Waals surface area contributed by atoms with Gasteiger partial charge in [0, 0.05) is 11.6 Å². The van der Waals surface area contributed by atoms with Crippen molar-refractivity contribution in [2.75, 3.05) is 7.11 Å². The molecule has 2 aromatic carbocycles. The summed E-state index contributed by atoms with van der Waals surface area (Å²) >= 11 is 0. The highest BCUT2D eigenvalue weighted by atomic mass is 16.5. The fraction of sp³-hybridized carbons (Fsp3) is 0.182. The number of aromatic nitrogens is 2. The Morgan fingerprint density at radius 2 is 1.89 bits per heavy atom. The molecule has 1 N–H and O–H groups in total. The summed E-state index contributed by atoms with van der Waals surface area (Å²) in [4.78, 5) is 11.8. The summed E-state index contributed by atoms with van der Waals surface area (Å²) in [7, 11) is 1.63. The van der Waals surface area contributed by atoms with Crippen LogP contribution in [0.15, 0.2) is 75.7 Å². The van der Waals surface area contributed by atoms with Crippen LogP contribution in [0.5, 0.6) is 5.75 Å². The fourth-order valence-electron chi connectivity index (χ4n) is 3.39. The molecule has 28 heavy (non-hydrogen) atoms. The molecule has 6 nitrogen and oxygen atoms in total. The molecule has 0 aliphatic heterocycles. The molecule has 0 radical (unpaired) electrons. The van der Waals surface area contributed by atoms with Gasteiger partial charge in [-0.15, -0.1) is 0 Å². The monoisotopic (exact) mass is 372 g/mol. The maximum Gasteiger partial charge on any atom is 0.264 e. The van der Waals surface area contributed by atoms with E-state index in [2.05, 4.69) is 32.5 Å². The van der Waals surface area contributed by atoms with Gasteiger partial charge in [0.15, 0.2) is 0 Å². The number of nitrogens with one attached hydrogen (secondary N) is 1. The van der Waals surface area contributed by atoms with E-state index in [-0.39, 0.29) is 11.5 Å². The van der Waals surface area contributed by atoms with Crippen LogP contribution >= 0.6 is 0 Å². The van der Waals surface area contributed by atoms with Gasteiger partial charge in [0.1, 0.15) is 5.75 Å². The lowest BCUT2D eigenvalue weighted by atomic mass is 9.81. The fourth-order valence-corrected chi connectivity index (χ4v) is 3.39. The van der Waals surface area contributed by atoms with Crippen molar-refractivity contribution in [3.05, 3.63) is 93.4 Å². The number of nitrogens with zero attached hydrogens (tertiary/aromatic N) is 3. The molecular formula is C22H20N4O2. The Morgan fingerprint density at radius 1 is 1.11 bits per heavy atom. The first-order valence-corrected chi connectivity index (χ1v) is 9.11. The van der Waals surface area contributed by atoms with E-state index in [4.69, 9.17) is 4.74 Å². The molecule has 140 valence electrons. The van der Waals surface area contributed by atoms with Gasteiger partial charge in [-0.25, -0.2) is 5.10 Å². The standard InChI is InChI=1S/C22H20N4O2/c1-28-18-9-7-15(8-10-18)14-23-24-20-11-17(16-5-3-2-4-6-16)12-21-19(20)13-22(27)26-25-21/h2-10,13-14,17H,11-12H2,1H3,(H,26,27)/t17-/m1/s1. The van der Waals surface area contributed by atoms with E-state index >= 15 is 0 Å². The van der Waals surface area contributed by atoms with Crippen molar-refractivity contribution >= 4 is 11.9 Å². The van der Waals surface area contributed by atoms with Crippen molar-refractivity contribution in [1.29, 1.82) is 0 Å². The predicted octanol–water partition coefficient (Wildman–Crippen LogP) is 3.33. The maximum atomic E-state index is 11.8. The molecule has 1 aliphatic carbocycles. The van der Waals surface area contributed by atoms with E-state index < -0.39 is 0 Å². The second-order valence-electron chi connectivity index (χ2n) is 6.67. The molecule has 3 aromatic rings. The molecule has 0 saturated carbocycles. The molecule has 0 fully saturated rings. The van der Waals surface area contributed by atoms with Gasteiger partial charge in [0.2, 0.25) is 0 Å². The zero-order valence-corrected chi connectivity index (χ0v) is 15.5. The van der Waals surface area contributed by atoms with Crippen molar-refractivity contribution in [1.82, 2.24) is 10.2 Å². The molecule has 0 spiro atoms. The summed E-state index contributed by atoms with van der Waals surface area (Å²) in [5, 5.41) is 15.5. The normalized spacial score (nSPS) is 17.6. The Morgan fingerprint density at radius 3 is 2.64 bits per heavy atom. The summed E-state index contributed by atoms with van der Waals surface area (Å²) in [5.41, 5.74) is 4.32. The first-order valence-electron chi connectivity index (χ1n) is 9.11. The molecule has 1 heterocycles. The lowest BCUT2D eigenvalue weighted by Gasteiger charge is -2.24. The van der Waals surface area contributed by atoms with E-state index in [0.29, 0.717) is 6.42 Å². The number of aromatic amines is 1. The first kappa shape index (κ1) is 17.9. The number of benzene rings is 2. The quantitative estimate of drug-likeness (QED) is 0.563. The maximum absolute atomic E-state index is 11.8. The highest BCUT2D eigenvalue weighted by Crippen LogP contribution is 2.31. The summed E-state index contributed by atoms with van der Waals surface area (Å²) in [6.45, 7) is 0. The number of hydrogen-bond acceptors (Lipinski definition) is 5. The van der Waals surface area contributed by atoms with Crippen LogP contribution < -0.4 is 10.3 Å². The third-order valence-corrected chi connectivity index (χ3v) is 4.85. The van der Waals surface area contributed by atoms with Gasteiger partial charge in [-0.1, -0.05) is 30.3 Å². The van der Waals surface area contributed by atoms with Crippen molar-refractivity contribution in [3.8, 4) is 5.75 Å². The van der Waals surface area contributed by atoms with Crippen LogP contribution in [-0.2, 0) is 6.42 Å². The minimum atomic E-state index is -0.233. The summed E-state index contributed by atoms with van der Waals surface area (Å²) in [5.74, 6) is 1.04. The second kappa shape index (κ2) is 8.00. The van der Waals surface area contributed by atoms with Crippen molar-refractivity contribution < 1.29 is 4.74 Å². The Bertz CT molecular complexity index is 1070. The molecule has 0 amide bonds. The van der Waals surface area contributed by atoms with Crippen LogP contribution in [0.2, 0.25) is 0 Å². The number of fused-ring (bicyclic) bond motifs is 1. The topological polar surface area (TPSA) is 79.7 Å². The van der Waals surface area contributed by atoms with Gasteiger partial charge in [-0.2, -0.15) is 15.3 Å². The summed E-state index contributed by atoms with van der Waals surface area (Å²) in [6.07, 6.45) is 3.16. The van der Waals surface area contributed by atoms with Crippen LogP contribution in [0.25, 0.3) is 0 Å². The van der Waals surface area contributed by atoms with Crippen LogP contribution in [0.4, 0.5) is 0 Å². The zero-order valence-electron chi connectivity index (χ0n) is 15.5. The molecule has 0 saturated heterocycles. The lowest BCUT2D eigenvalue weighted by Crippen LogP contribution is -2.24. The van der Waals surface area contributed by atoms with Crippen molar-refractivity contribution in [2.45, 2.75) is 18.8 Å². The highest BCUT2D eigenvalue weighted by molar-refractivity contribution is 6.03. The van der Waals surface area contributed by atoms with Crippen LogP contribution in [-0.4, -0.2) is 29.2 Å². The Balaban J connectivity index is 1.65. The molecule has 6 heteroatoms. The molecule has 1 aliphatic rings. The van der Waals surface area contributed by atoms with Gasteiger partial charge in [-0.3, -0.25) is 4.79 Å². The van der Waals surface area contributed by atoms with Gasteiger partial charge in [0.25, 0.3) is 5.56 Å². The Hall–Kier alpha value is -3.54. The van der Waals surface area contributed by atoms with E-state index in [1.54, 1.807) is 19.4 Å². The van der Waals surface area contributed by atoms with E-state index in [9.17, 15) is 4.79 Å². The van der Waals surface area contributed by atoms with Gasteiger partial charge in [-0.05, 0) is 54.2 Å². The summed E-state index contributed by atoms with van der Waals surface area (Å²) in [6, 6.07) is 19.4. The minimum absolute atomic E-state index is 0.233. The SMILES string of the molecule is COc1ccc(C=NN=C2C[C@@H](c3ccccc3)Cc3n[nH]c(=O)cc32)cc1. The number of ether oxygens (including phenoxy) is 1. The Labute approximate surface area is 162 Å². The predicted molar refractivity (Wildman–Crippen MR) is 109 cm³/mol. The van der Waals surface area contributed by atoms with Crippen LogP contribution in [0.3, 0.4) is 0 Å². The lowest BCUT2D eigenvalue weighted by molar-refractivity contribution is 0.415. The van der Waals surface area contributed by atoms with Gasteiger partial charge in [0.05, 0.1) is 24.7 Å². The number of methoxy groups -OCH3 is 1. The first-order chi connectivity index (χ1) is 13.7. The van der Waals surface area contributed by atoms with E-state index in [0.717, 1.165) is 34.7 Å².